The van der Waals surface area contributed by atoms with Gasteiger partial charge in [-0.1, -0.05) is 30.3 Å². The molecule has 0 radical (unpaired) electrons. The van der Waals surface area contributed by atoms with Gasteiger partial charge in [-0.25, -0.2) is 9.97 Å². The summed E-state index contributed by atoms with van der Waals surface area (Å²) in [7, 11) is 0. The van der Waals surface area contributed by atoms with Crippen LogP contribution in [0.2, 0.25) is 0 Å². The number of nitrogen functional groups attached to an aromatic ring is 1. The van der Waals surface area contributed by atoms with Gasteiger partial charge in [0, 0.05) is 28.4 Å². The van der Waals surface area contributed by atoms with Crippen molar-refractivity contribution in [2.24, 2.45) is 0 Å². The van der Waals surface area contributed by atoms with Crippen molar-refractivity contribution in [3.63, 3.8) is 0 Å². The second kappa shape index (κ2) is 5.67. The molecule has 3 heterocycles. The lowest BCUT2D eigenvalue weighted by Gasteiger charge is -2.12. The molecule has 6 heteroatoms. The predicted octanol–water partition coefficient (Wildman–Crippen LogP) is 4.58. The minimum atomic E-state index is 0.398. The van der Waals surface area contributed by atoms with Gasteiger partial charge in [-0.3, -0.25) is 4.57 Å². The highest BCUT2D eigenvalue weighted by molar-refractivity contribution is 6.03. The van der Waals surface area contributed by atoms with E-state index >= 15 is 0 Å². The van der Waals surface area contributed by atoms with Crippen LogP contribution < -0.4 is 5.73 Å². The van der Waals surface area contributed by atoms with Gasteiger partial charge in [0.1, 0.15) is 23.6 Å². The van der Waals surface area contributed by atoms with E-state index in [1.54, 1.807) is 6.33 Å². The van der Waals surface area contributed by atoms with Gasteiger partial charge < -0.3 is 10.3 Å². The second-order valence-electron chi connectivity index (χ2n) is 7.97. The zero-order chi connectivity index (χ0) is 18.8. The topological polar surface area (TPSA) is 82.8 Å². The van der Waals surface area contributed by atoms with Crippen molar-refractivity contribution in [1.29, 1.82) is 0 Å². The third-order valence-electron chi connectivity index (χ3n) is 6.14. The maximum absolute atomic E-state index is 6.37. The summed E-state index contributed by atoms with van der Waals surface area (Å²) >= 11 is 0. The fraction of sp³-hybridized carbons (Fsp3) is 0.318. The highest BCUT2D eigenvalue weighted by Crippen LogP contribution is 2.50. The number of benzene rings is 1. The molecule has 140 valence electrons. The lowest BCUT2D eigenvalue weighted by atomic mass is 9.94. The first-order valence-electron chi connectivity index (χ1n) is 9.93. The number of nitrogens with zero attached hydrogens (tertiary/aromatic N) is 4. The van der Waals surface area contributed by atoms with Crippen LogP contribution in [-0.2, 0) is 6.42 Å². The molecule has 0 spiro atoms. The molecule has 1 atom stereocenters. The van der Waals surface area contributed by atoms with E-state index < -0.39 is 0 Å². The molecule has 0 aliphatic heterocycles. The van der Waals surface area contributed by atoms with Gasteiger partial charge >= 0.3 is 0 Å². The van der Waals surface area contributed by atoms with Crippen LogP contribution in [0.5, 0.6) is 0 Å². The molecule has 6 rings (SSSR count). The summed E-state index contributed by atoms with van der Waals surface area (Å²) in [6.45, 7) is 2.28. The lowest BCUT2D eigenvalue weighted by molar-refractivity contribution is 0.382. The first kappa shape index (κ1) is 15.9. The molecule has 0 amide bonds. The monoisotopic (exact) mass is 371 g/mol. The average molecular weight is 371 g/mol. The van der Waals surface area contributed by atoms with Crippen molar-refractivity contribution < 1.29 is 4.52 Å². The van der Waals surface area contributed by atoms with Crippen molar-refractivity contribution in [3.05, 3.63) is 53.7 Å². The first-order chi connectivity index (χ1) is 13.7. The summed E-state index contributed by atoms with van der Waals surface area (Å²) in [6, 6.07) is 10.3. The molecule has 1 unspecified atom stereocenters. The average Bonchev–Trinajstić information content (AvgIpc) is 3.40. The van der Waals surface area contributed by atoms with Crippen LogP contribution >= 0.6 is 0 Å². The van der Waals surface area contributed by atoms with E-state index in [2.05, 4.69) is 38.7 Å². The van der Waals surface area contributed by atoms with Crippen LogP contribution in [0, 0.1) is 0 Å². The highest BCUT2D eigenvalue weighted by atomic mass is 16.5. The van der Waals surface area contributed by atoms with Crippen molar-refractivity contribution in [2.45, 2.75) is 44.4 Å². The van der Waals surface area contributed by atoms with E-state index in [4.69, 9.17) is 10.3 Å². The quantitative estimate of drug-likeness (QED) is 0.557. The molecular weight excluding hydrogens is 350 g/mol. The zero-order valence-corrected chi connectivity index (χ0v) is 15.7. The Morgan fingerprint density at radius 1 is 1.11 bits per heavy atom. The standard InChI is InChI=1S/C22H21N5O/c1-12-7-10-15-17(19-16(12)20(28-26-19)13-8-9-13)18-21(23)24-11-25-22(18)27(15)14-5-3-2-4-6-14/h2-6,11-13H,7-10H2,1H3,(H2,23,24,25). The maximum atomic E-state index is 6.37. The predicted molar refractivity (Wildman–Crippen MR) is 107 cm³/mol. The van der Waals surface area contributed by atoms with Crippen LogP contribution in [0.25, 0.3) is 28.0 Å². The molecule has 2 aliphatic rings. The molecule has 28 heavy (non-hydrogen) atoms. The van der Waals surface area contributed by atoms with Gasteiger partial charge in [0.05, 0.1) is 5.39 Å². The smallest absolute Gasteiger partial charge is 0.150 e. The van der Waals surface area contributed by atoms with E-state index in [1.165, 1.54) is 24.1 Å². The number of fused-ring (bicyclic) bond motifs is 5. The Kier molecular flexibility index (Phi) is 3.21. The molecule has 2 aliphatic carbocycles. The van der Waals surface area contributed by atoms with Gasteiger partial charge in [0.15, 0.2) is 5.65 Å². The number of hydrogen-bond acceptors (Lipinski definition) is 5. The third-order valence-corrected chi connectivity index (χ3v) is 6.14. The summed E-state index contributed by atoms with van der Waals surface area (Å²) in [5.41, 5.74) is 12.7. The van der Waals surface area contributed by atoms with Crippen LogP contribution in [0.3, 0.4) is 0 Å². The molecule has 3 aromatic heterocycles. The summed E-state index contributed by atoms with van der Waals surface area (Å²) < 4.78 is 8.11. The zero-order valence-electron chi connectivity index (χ0n) is 15.7. The third kappa shape index (κ3) is 2.11. The molecule has 1 aromatic carbocycles. The Morgan fingerprint density at radius 3 is 2.71 bits per heavy atom. The minimum absolute atomic E-state index is 0.398. The van der Waals surface area contributed by atoms with Crippen LogP contribution in [0.4, 0.5) is 5.82 Å². The Labute approximate surface area is 162 Å². The summed E-state index contributed by atoms with van der Waals surface area (Å²) in [6.07, 6.45) is 5.90. The largest absolute Gasteiger partial charge is 0.383 e. The Morgan fingerprint density at radius 2 is 1.93 bits per heavy atom. The Balaban J connectivity index is 1.74. The van der Waals surface area contributed by atoms with Gasteiger partial charge in [-0.2, -0.15) is 0 Å². The summed E-state index contributed by atoms with van der Waals surface area (Å²) in [5.74, 6) is 2.49. The Bertz CT molecular complexity index is 1200. The molecular formula is C22H21N5O. The van der Waals surface area contributed by atoms with Crippen molar-refractivity contribution >= 4 is 16.9 Å². The normalized spacial score (nSPS) is 18.7. The molecule has 0 bridgehead atoms. The number of anilines is 1. The van der Waals surface area contributed by atoms with Crippen molar-refractivity contribution in [1.82, 2.24) is 19.7 Å². The second-order valence-corrected chi connectivity index (χ2v) is 7.97. The van der Waals surface area contributed by atoms with E-state index in [0.717, 1.165) is 46.6 Å². The fourth-order valence-electron chi connectivity index (χ4n) is 4.63. The SMILES string of the molecule is CC1CCc2c(c3c(N)ncnc3n2-c2ccccc2)-c2noc(C3CC3)c21. The van der Waals surface area contributed by atoms with E-state index in [0.29, 0.717) is 17.7 Å². The Hall–Kier alpha value is -3.15. The number of hydrogen-bond donors (Lipinski definition) is 1. The number of nitrogens with two attached hydrogens (primary N) is 1. The number of para-hydroxylation sites is 1. The van der Waals surface area contributed by atoms with Gasteiger partial charge in [0.2, 0.25) is 0 Å². The molecule has 4 aromatic rings. The van der Waals surface area contributed by atoms with E-state index in [9.17, 15) is 0 Å². The van der Waals surface area contributed by atoms with Gasteiger partial charge in [-0.15, -0.1) is 0 Å². The molecule has 2 N–H and O–H groups in total. The summed E-state index contributed by atoms with van der Waals surface area (Å²) in [5, 5.41) is 5.45. The van der Waals surface area contributed by atoms with Gasteiger partial charge in [-0.05, 0) is 43.7 Å². The maximum Gasteiger partial charge on any atom is 0.150 e. The van der Waals surface area contributed by atoms with Crippen LogP contribution in [0.1, 0.15) is 55.0 Å². The molecule has 6 nitrogen and oxygen atoms in total. The minimum Gasteiger partial charge on any atom is -0.383 e. The summed E-state index contributed by atoms with van der Waals surface area (Å²) in [4.78, 5) is 8.91. The highest BCUT2D eigenvalue weighted by Gasteiger charge is 2.38. The van der Waals surface area contributed by atoms with Crippen molar-refractivity contribution in [3.8, 4) is 16.9 Å². The number of rotatable bonds is 2. The molecule has 1 fully saturated rings. The van der Waals surface area contributed by atoms with Crippen LogP contribution in [-0.4, -0.2) is 19.7 Å². The lowest BCUT2D eigenvalue weighted by Crippen LogP contribution is -2.03. The van der Waals surface area contributed by atoms with Crippen LogP contribution in [0.15, 0.2) is 41.2 Å². The van der Waals surface area contributed by atoms with Gasteiger partial charge in [0.25, 0.3) is 0 Å². The number of aromatic nitrogens is 4. The van der Waals surface area contributed by atoms with E-state index in [-0.39, 0.29) is 0 Å². The van der Waals surface area contributed by atoms with Crippen molar-refractivity contribution in [2.75, 3.05) is 5.73 Å². The van der Waals surface area contributed by atoms with E-state index in [1.807, 2.05) is 18.2 Å². The molecule has 0 saturated heterocycles. The molecule has 1 saturated carbocycles. The first-order valence-corrected chi connectivity index (χ1v) is 9.93. The fourth-order valence-corrected chi connectivity index (χ4v) is 4.63.